The molecule has 94 valence electrons. The van der Waals surface area contributed by atoms with Crippen molar-refractivity contribution in [3.63, 3.8) is 0 Å². The molecule has 0 saturated carbocycles. The van der Waals surface area contributed by atoms with Gasteiger partial charge in [0.15, 0.2) is 0 Å². The Labute approximate surface area is 116 Å². The molecule has 0 aromatic rings. The minimum absolute atomic E-state index is 0. The summed E-state index contributed by atoms with van der Waals surface area (Å²) in [5.41, 5.74) is 5.03. The summed E-state index contributed by atoms with van der Waals surface area (Å²) in [6, 6.07) is 0. The SMILES string of the molecule is CCCN.CCO[SiH](OCC)OCC.[PbH2]. The molecule has 6 heteroatoms. The third kappa shape index (κ3) is 20.9. The first-order valence-corrected chi connectivity index (χ1v) is 6.72. The van der Waals surface area contributed by atoms with E-state index in [-0.39, 0.29) is 27.3 Å². The zero-order chi connectivity index (χ0) is 11.2. The minimum atomic E-state index is -1.73. The number of rotatable bonds is 7. The monoisotopic (exact) mass is 433 g/mol. The van der Waals surface area contributed by atoms with Crippen molar-refractivity contribution in [2.24, 2.45) is 5.73 Å². The normalized spacial score (nSPS) is 9.20. The Morgan fingerprint density at radius 3 is 1.27 bits per heavy atom. The van der Waals surface area contributed by atoms with Gasteiger partial charge >= 0.3 is 36.8 Å². The number of nitrogens with two attached hydrogens (primary N) is 1. The van der Waals surface area contributed by atoms with Crippen molar-refractivity contribution in [3.8, 4) is 0 Å². The quantitative estimate of drug-likeness (QED) is 0.586. The van der Waals surface area contributed by atoms with Gasteiger partial charge in [-0.1, -0.05) is 6.92 Å². The molecule has 0 spiro atoms. The Morgan fingerprint density at radius 1 is 0.867 bits per heavy atom. The van der Waals surface area contributed by atoms with E-state index in [1.54, 1.807) is 0 Å². The average molecular weight is 433 g/mol. The molecule has 0 fully saturated rings. The second-order valence-corrected chi connectivity index (χ2v) is 4.02. The third-order valence-electron chi connectivity index (χ3n) is 1.20. The van der Waals surface area contributed by atoms with Crippen molar-refractivity contribution in [2.75, 3.05) is 26.4 Å². The summed E-state index contributed by atoms with van der Waals surface area (Å²) >= 11 is 0. The van der Waals surface area contributed by atoms with Gasteiger partial charge in [-0.3, -0.25) is 0 Å². The first kappa shape index (κ1) is 21.3. The molecule has 0 aliphatic heterocycles. The number of hydrogen-bond acceptors (Lipinski definition) is 4. The van der Waals surface area contributed by atoms with Crippen LogP contribution in [0.5, 0.6) is 0 Å². The molecular weight excluding hydrogens is 405 g/mol. The fraction of sp³-hybridized carbons (Fsp3) is 1.00. The Bertz CT molecular complexity index is 85.2. The van der Waals surface area contributed by atoms with Gasteiger partial charge in [0.1, 0.15) is 0 Å². The van der Waals surface area contributed by atoms with E-state index in [2.05, 4.69) is 6.92 Å². The van der Waals surface area contributed by atoms with Gasteiger partial charge in [0.25, 0.3) is 0 Å². The first-order chi connectivity index (χ1) is 6.76. The van der Waals surface area contributed by atoms with E-state index in [4.69, 9.17) is 19.0 Å². The van der Waals surface area contributed by atoms with Crippen LogP contribution in [0.15, 0.2) is 0 Å². The summed E-state index contributed by atoms with van der Waals surface area (Å²) in [6.07, 6.45) is 1.10. The van der Waals surface area contributed by atoms with E-state index < -0.39 is 9.53 Å². The molecule has 0 heterocycles. The van der Waals surface area contributed by atoms with Crippen LogP contribution >= 0.6 is 0 Å². The van der Waals surface area contributed by atoms with Gasteiger partial charge in [0.2, 0.25) is 0 Å². The van der Waals surface area contributed by atoms with Crippen LogP contribution in [0.2, 0.25) is 0 Å². The Hall–Kier alpha value is 0.979. The van der Waals surface area contributed by atoms with Gasteiger partial charge in [-0.25, -0.2) is 0 Å². The van der Waals surface area contributed by atoms with Gasteiger partial charge in [0, 0.05) is 19.8 Å². The van der Waals surface area contributed by atoms with Gasteiger partial charge in [-0.05, 0) is 33.7 Å². The molecule has 0 unspecified atom stereocenters. The molecule has 0 aromatic carbocycles. The third-order valence-corrected chi connectivity index (χ3v) is 3.01. The standard InChI is InChI=1S/C6H16O3Si.C3H9N.Pb.2H/c1-4-7-10(8-5-2)9-6-3;1-2-3-4;;;/h10H,4-6H2,1-3H3;2-4H2,1H3;;;. The van der Waals surface area contributed by atoms with Gasteiger partial charge in [-0.15, -0.1) is 0 Å². The molecule has 0 atom stereocenters. The van der Waals surface area contributed by atoms with E-state index in [0.717, 1.165) is 13.0 Å². The van der Waals surface area contributed by atoms with E-state index in [1.807, 2.05) is 20.8 Å². The van der Waals surface area contributed by atoms with E-state index in [0.29, 0.717) is 19.8 Å². The Morgan fingerprint density at radius 2 is 1.13 bits per heavy atom. The van der Waals surface area contributed by atoms with Crippen LogP contribution in [0.25, 0.3) is 0 Å². The average Bonchev–Trinajstić information content (AvgIpc) is 2.20. The topological polar surface area (TPSA) is 53.7 Å². The molecule has 0 aliphatic rings. The van der Waals surface area contributed by atoms with Crippen molar-refractivity contribution < 1.29 is 13.3 Å². The van der Waals surface area contributed by atoms with Gasteiger partial charge < -0.3 is 19.0 Å². The molecule has 0 aliphatic carbocycles. The van der Waals surface area contributed by atoms with Crippen molar-refractivity contribution in [1.29, 1.82) is 0 Å². The molecule has 0 amide bonds. The van der Waals surface area contributed by atoms with Crippen molar-refractivity contribution >= 4 is 36.8 Å². The van der Waals surface area contributed by atoms with Crippen LogP contribution < -0.4 is 5.73 Å². The fourth-order valence-electron chi connectivity index (χ4n) is 0.553. The molecule has 0 saturated heterocycles. The molecule has 2 radical (unpaired) electrons. The van der Waals surface area contributed by atoms with Crippen LogP contribution in [0, 0.1) is 0 Å². The van der Waals surface area contributed by atoms with Crippen molar-refractivity contribution in [1.82, 2.24) is 0 Å². The van der Waals surface area contributed by atoms with E-state index in [9.17, 15) is 0 Å². The second kappa shape index (κ2) is 20.4. The van der Waals surface area contributed by atoms with Crippen LogP contribution in [0.4, 0.5) is 0 Å². The summed E-state index contributed by atoms with van der Waals surface area (Å²) in [5.74, 6) is 0. The van der Waals surface area contributed by atoms with Gasteiger partial charge in [0.05, 0.1) is 0 Å². The summed E-state index contributed by atoms with van der Waals surface area (Å²) in [7, 11) is -1.73. The zero-order valence-corrected chi connectivity index (χ0v) is 17.3. The van der Waals surface area contributed by atoms with Crippen LogP contribution in [0.1, 0.15) is 34.1 Å². The predicted molar refractivity (Wildman–Crippen MR) is 69.9 cm³/mol. The van der Waals surface area contributed by atoms with Crippen LogP contribution in [0.3, 0.4) is 0 Å². The maximum atomic E-state index is 5.22. The molecule has 0 rings (SSSR count). The van der Waals surface area contributed by atoms with Crippen LogP contribution in [-0.2, 0) is 13.3 Å². The molecule has 2 N–H and O–H groups in total. The summed E-state index contributed by atoms with van der Waals surface area (Å²) < 4.78 is 15.7. The Balaban J connectivity index is -0.000000249. The van der Waals surface area contributed by atoms with Crippen molar-refractivity contribution in [2.45, 2.75) is 34.1 Å². The molecule has 15 heavy (non-hydrogen) atoms. The van der Waals surface area contributed by atoms with E-state index >= 15 is 0 Å². The number of hydrogen-bond donors (Lipinski definition) is 1. The molecular formula is C9H27NO3PbSi. The Kier molecular flexibility index (Phi) is 28.9. The first-order valence-electron chi connectivity index (χ1n) is 5.31. The molecule has 4 nitrogen and oxygen atoms in total. The van der Waals surface area contributed by atoms with Crippen molar-refractivity contribution in [3.05, 3.63) is 0 Å². The summed E-state index contributed by atoms with van der Waals surface area (Å²) in [6.45, 7) is 10.7. The maximum absolute atomic E-state index is 5.22. The summed E-state index contributed by atoms with van der Waals surface area (Å²) in [5, 5.41) is 0. The molecule has 0 bridgehead atoms. The molecule has 0 aromatic heterocycles. The van der Waals surface area contributed by atoms with Crippen LogP contribution in [-0.4, -0.2) is 63.2 Å². The fourth-order valence-corrected chi connectivity index (χ4v) is 1.66. The summed E-state index contributed by atoms with van der Waals surface area (Å²) in [4.78, 5) is 0. The van der Waals surface area contributed by atoms with Gasteiger partial charge in [-0.2, -0.15) is 0 Å². The zero-order valence-electron chi connectivity index (χ0n) is 10.6. The van der Waals surface area contributed by atoms with E-state index in [1.165, 1.54) is 0 Å². The predicted octanol–water partition coefficient (Wildman–Crippen LogP) is 0.252. The second-order valence-electron chi connectivity index (χ2n) is 2.44.